The highest BCUT2D eigenvalue weighted by atomic mass is 32.2. The summed E-state index contributed by atoms with van der Waals surface area (Å²) in [7, 11) is -3.99. The average molecular weight is 549 g/mol. The van der Waals surface area contributed by atoms with Crippen LogP contribution in [0.4, 0.5) is 8.78 Å². The van der Waals surface area contributed by atoms with Crippen molar-refractivity contribution >= 4 is 27.3 Å². The Morgan fingerprint density at radius 1 is 1.16 bits per heavy atom. The lowest BCUT2D eigenvalue weighted by atomic mass is 10.0. The van der Waals surface area contributed by atoms with Crippen molar-refractivity contribution in [1.29, 1.82) is 0 Å². The minimum atomic E-state index is -3.99. The van der Waals surface area contributed by atoms with Crippen molar-refractivity contribution in [2.75, 3.05) is 0 Å². The van der Waals surface area contributed by atoms with E-state index in [4.69, 9.17) is 9.88 Å². The topological polar surface area (TPSA) is 137 Å². The van der Waals surface area contributed by atoms with Crippen LogP contribution in [-0.2, 0) is 21.2 Å². The van der Waals surface area contributed by atoms with E-state index in [0.29, 0.717) is 5.56 Å². The van der Waals surface area contributed by atoms with Crippen LogP contribution in [-0.4, -0.2) is 34.8 Å². The lowest BCUT2D eigenvalue weighted by molar-refractivity contribution is 0.00636. The minimum absolute atomic E-state index is 0.00629. The summed E-state index contributed by atoms with van der Waals surface area (Å²) >= 11 is 0.996. The monoisotopic (exact) mass is 548 g/mol. The van der Waals surface area contributed by atoms with Crippen molar-refractivity contribution in [3.05, 3.63) is 86.7 Å². The first-order valence-corrected chi connectivity index (χ1v) is 13.3. The Morgan fingerprint density at radius 2 is 1.89 bits per heavy atom. The van der Waals surface area contributed by atoms with E-state index >= 15 is 0 Å². The van der Waals surface area contributed by atoms with E-state index in [1.807, 2.05) is 0 Å². The normalized spacial score (nSPS) is 12.1. The maximum Gasteiger partial charge on any atom is 0.358 e. The van der Waals surface area contributed by atoms with Gasteiger partial charge in [0.15, 0.2) is 17.3 Å². The van der Waals surface area contributed by atoms with Gasteiger partial charge in [-0.2, -0.15) is 4.68 Å². The smallest absolute Gasteiger partial charge is 0.358 e. The molecule has 4 rings (SSSR count). The number of benzene rings is 2. The molecule has 0 fully saturated rings. The van der Waals surface area contributed by atoms with Crippen LogP contribution in [0, 0.1) is 11.6 Å². The summed E-state index contributed by atoms with van der Waals surface area (Å²) in [6.07, 6.45) is -0.0652. The maximum absolute atomic E-state index is 14.0. The number of rotatable bonds is 6. The van der Waals surface area contributed by atoms with Crippen molar-refractivity contribution in [2.45, 2.75) is 37.7 Å². The van der Waals surface area contributed by atoms with Crippen molar-refractivity contribution < 1.29 is 26.7 Å². The first-order chi connectivity index (χ1) is 17.2. The third-order valence-corrected chi connectivity index (χ3v) is 6.83. The fourth-order valence-electron chi connectivity index (χ4n) is 3.49. The van der Waals surface area contributed by atoms with Crippen LogP contribution in [0.25, 0.3) is 16.4 Å². The number of nitrogens with zero attached hydrogens (tertiary/aromatic N) is 2. The number of aromatic nitrogens is 3. The van der Waals surface area contributed by atoms with Crippen LogP contribution in [0.15, 0.2) is 57.5 Å². The first kappa shape index (κ1) is 26.4. The van der Waals surface area contributed by atoms with Crippen LogP contribution in [0.3, 0.4) is 0 Å². The average Bonchev–Trinajstić information content (AvgIpc) is 3.40. The van der Waals surface area contributed by atoms with Gasteiger partial charge >= 0.3 is 5.97 Å². The molecule has 0 unspecified atom stereocenters. The van der Waals surface area contributed by atoms with Gasteiger partial charge in [0, 0.05) is 22.9 Å². The van der Waals surface area contributed by atoms with E-state index in [1.54, 1.807) is 26.8 Å². The Hall–Kier alpha value is -3.68. The summed E-state index contributed by atoms with van der Waals surface area (Å²) in [4.78, 5) is 29.9. The molecule has 0 radical (unpaired) electrons. The molecule has 0 amide bonds. The number of H-pyrrole nitrogens is 1. The molecule has 0 bridgehead atoms. The number of aromatic amines is 1. The van der Waals surface area contributed by atoms with Gasteiger partial charge in [-0.15, -0.1) is 11.3 Å². The quantitative estimate of drug-likeness (QED) is 0.352. The highest BCUT2D eigenvalue weighted by molar-refractivity contribution is 7.89. The van der Waals surface area contributed by atoms with Gasteiger partial charge in [0.2, 0.25) is 15.2 Å². The maximum atomic E-state index is 14.0. The summed E-state index contributed by atoms with van der Waals surface area (Å²) < 4.78 is 57.6. The number of hydrogen-bond donors (Lipinski definition) is 2. The molecular formula is C24H22F2N4O5S2. The molecule has 0 saturated carbocycles. The van der Waals surface area contributed by atoms with Crippen LogP contribution in [0.2, 0.25) is 0 Å². The van der Waals surface area contributed by atoms with E-state index in [-0.39, 0.29) is 39.0 Å². The molecular weight excluding hydrogens is 526 g/mol. The van der Waals surface area contributed by atoms with Crippen LogP contribution in [0.5, 0.6) is 0 Å². The van der Waals surface area contributed by atoms with Gasteiger partial charge in [0.1, 0.15) is 5.60 Å². The summed E-state index contributed by atoms with van der Waals surface area (Å²) in [5.41, 5.74) is -0.420. The summed E-state index contributed by atoms with van der Waals surface area (Å²) in [6, 6.07) is 8.88. The molecule has 194 valence electrons. The molecule has 0 aliphatic heterocycles. The summed E-state index contributed by atoms with van der Waals surface area (Å²) in [5, 5.41) is 9.63. The molecule has 37 heavy (non-hydrogen) atoms. The number of nitrogens with one attached hydrogen (secondary N) is 1. The zero-order valence-electron chi connectivity index (χ0n) is 19.9. The number of nitrogens with two attached hydrogens (primary N) is 1. The van der Waals surface area contributed by atoms with E-state index in [2.05, 4.69) is 10.1 Å². The number of ether oxygens (including phenoxy) is 1. The summed E-state index contributed by atoms with van der Waals surface area (Å²) in [6.45, 7) is 5.12. The number of esters is 1. The Kier molecular flexibility index (Phi) is 6.88. The molecule has 0 aliphatic carbocycles. The highest BCUT2D eigenvalue weighted by Gasteiger charge is 2.24. The van der Waals surface area contributed by atoms with Crippen molar-refractivity contribution in [2.24, 2.45) is 5.14 Å². The predicted molar refractivity (Wildman–Crippen MR) is 133 cm³/mol. The number of carbonyl (C=O) groups is 1. The molecule has 0 saturated heterocycles. The number of carbonyl (C=O) groups excluding carboxylic acids is 1. The van der Waals surface area contributed by atoms with Crippen molar-refractivity contribution in [1.82, 2.24) is 14.8 Å². The second kappa shape index (κ2) is 9.65. The predicted octanol–water partition coefficient (Wildman–Crippen LogP) is 3.76. The molecule has 2 heterocycles. The minimum Gasteiger partial charge on any atom is -0.455 e. The van der Waals surface area contributed by atoms with Crippen molar-refractivity contribution in [3.8, 4) is 16.4 Å². The first-order valence-electron chi connectivity index (χ1n) is 10.8. The third kappa shape index (κ3) is 5.84. The molecule has 9 nitrogen and oxygen atoms in total. The molecule has 13 heteroatoms. The second-order valence-electron chi connectivity index (χ2n) is 9.12. The third-order valence-electron chi connectivity index (χ3n) is 5.09. The van der Waals surface area contributed by atoms with Gasteiger partial charge in [-0.05, 0) is 56.7 Å². The van der Waals surface area contributed by atoms with Crippen molar-refractivity contribution in [3.63, 3.8) is 0 Å². The van der Waals surface area contributed by atoms with Gasteiger partial charge in [0.25, 0.3) is 5.56 Å². The van der Waals surface area contributed by atoms with E-state index in [0.717, 1.165) is 28.2 Å². The molecule has 0 atom stereocenters. The van der Waals surface area contributed by atoms with E-state index < -0.39 is 38.8 Å². The number of primary sulfonamides is 1. The molecule has 4 aromatic rings. The van der Waals surface area contributed by atoms with Crippen LogP contribution < -0.4 is 10.7 Å². The number of hydrogen-bond acceptors (Lipinski definition) is 7. The van der Waals surface area contributed by atoms with Gasteiger partial charge in [-0.3, -0.25) is 9.89 Å². The number of sulfonamides is 1. The fraction of sp³-hybridized carbons (Fsp3) is 0.208. The Morgan fingerprint density at radius 3 is 2.54 bits per heavy atom. The Labute approximate surface area is 214 Å². The molecule has 2 aromatic heterocycles. The zero-order valence-corrected chi connectivity index (χ0v) is 21.5. The molecule has 0 aliphatic rings. The van der Waals surface area contributed by atoms with Crippen LogP contribution >= 0.6 is 11.3 Å². The molecule has 3 N–H and O–H groups in total. The van der Waals surface area contributed by atoms with Gasteiger partial charge < -0.3 is 4.74 Å². The second-order valence-corrected chi connectivity index (χ2v) is 11.5. The standard InChI is InChI=1S/C24H22F2N4O5S2/c1-24(2,3)35-22(32)19-12-36-23(28-19)30-21(31)16(10-13-5-4-6-15(9-13)37(27,33)34)20(29-30)14-7-8-17(25)18(26)11-14/h4-9,11-12,29H,10H2,1-3H3,(H2,27,33,34). The summed E-state index contributed by atoms with van der Waals surface area (Å²) in [5.74, 6) is -2.85. The highest BCUT2D eigenvalue weighted by Crippen LogP contribution is 2.26. The van der Waals surface area contributed by atoms with Gasteiger partial charge in [-0.25, -0.2) is 32.1 Å². The molecule has 2 aromatic carbocycles. The lowest BCUT2D eigenvalue weighted by Crippen LogP contribution is -2.24. The number of thiazole rings is 1. The fourth-order valence-corrected chi connectivity index (χ4v) is 4.82. The van der Waals surface area contributed by atoms with Gasteiger partial charge in [-0.1, -0.05) is 12.1 Å². The SMILES string of the molecule is CC(C)(C)OC(=O)c1csc(-n2[nH]c(-c3ccc(F)c(F)c3)c(Cc3cccc(S(N)(=O)=O)c3)c2=O)n1. The van der Waals surface area contributed by atoms with E-state index in [1.165, 1.54) is 29.6 Å². The van der Waals surface area contributed by atoms with E-state index in [9.17, 15) is 26.8 Å². The molecule has 0 spiro atoms. The zero-order chi connectivity index (χ0) is 27.1. The lowest BCUT2D eigenvalue weighted by Gasteiger charge is -2.18. The largest absolute Gasteiger partial charge is 0.455 e. The number of halogens is 2. The Bertz CT molecular complexity index is 1670. The Balaban J connectivity index is 1.82. The van der Waals surface area contributed by atoms with Gasteiger partial charge in [0.05, 0.1) is 10.6 Å². The van der Waals surface area contributed by atoms with Crippen LogP contribution in [0.1, 0.15) is 42.4 Å².